The van der Waals surface area contributed by atoms with Crippen molar-refractivity contribution in [3.63, 3.8) is 0 Å². The Balaban J connectivity index is 1.19. The zero-order valence-electron chi connectivity index (χ0n) is 31.5. The molecule has 4 aliphatic rings. The highest BCUT2D eigenvalue weighted by molar-refractivity contribution is 8.03. The summed E-state index contributed by atoms with van der Waals surface area (Å²) in [5.41, 5.74) is 1.19. The first kappa shape index (κ1) is 41.2. The highest BCUT2D eigenvalue weighted by Crippen LogP contribution is 2.52. The fourth-order valence-corrected chi connectivity index (χ4v) is 10.0. The molecular formula is C37H46N4O13S2. The second-order valence-electron chi connectivity index (χ2n) is 13.8. The molecule has 6 rings (SSSR count). The lowest BCUT2D eigenvalue weighted by molar-refractivity contribution is -0.163. The first-order valence-corrected chi connectivity index (χ1v) is 20.5. The highest BCUT2D eigenvalue weighted by Gasteiger charge is 2.61. The van der Waals surface area contributed by atoms with Crippen LogP contribution >= 0.6 is 11.8 Å². The molecule has 0 saturated carbocycles. The van der Waals surface area contributed by atoms with Gasteiger partial charge in [0, 0.05) is 48.3 Å². The number of esters is 1. The average Bonchev–Trinajstić information content (AvgIpc) is 3.71. The molecule has 4 aliphatic heterocycles. The zero-order valence-corrected chi connectivity index (χ0v) is 33.1. The monoisotopic (exact) mass is 818 g/mol. The maximum atomic E-state index is 13.7. The van der Waals surface area contributed by atoms with Crippen molar-refractivity contribution in [2.24, 2.45) is 11.8 Å². The lowest BCUT2D eigenvalue weighted by Gasteiger charge is -2.46. The van der Waals surface area contributed by atoms with Gasteiger partial charge in [-0.05, 0) is 48.7 Å². The van der Waals surface area contributed by atoms with Gasteiger partial charge in [-0.1, -0.05) is 31.2 Å². The van der Waals surface area contributed by atoms with Gasteiger partial charge in [-0.15, -0.1) is 11.8 Å². The van der Waals surface area contributed by atoms with Crippen molar-refractivity contribution in [3.05, 3.63) is 70.3 Å². The van der Waals surface area contributed by atoms with E-state index in [4.69, 9.17) is 28.4 Å². The molecular weight excluding hydrogens is 773 g/mol. The van der Waals surface area contributed by atoms with Crippen molar-refractivity contribution in [3.8, 4) is 11.5 Å². The van der Waals surface area contributed by atoms with Crippen LogP contribution in [0, 0.1) is 11.8 Å². The zero-order chi connectivity index (χ0) is 40.1. The number of hydrogen-bond donors (Lipinski definition) is 2. The number of morpholine rings is 1. The van der Waals surface area contributed by atoms with Gasteiger partial charge in [0.05, 0.1) is 45.5 Å². The number of amides is 2. The Kier molecular flexibility index (Phi) is 13.1. The van der Waals surface area contributed by atoms with Gasteiger partial charge in [-0.2, -0.15) is 12.7 Å². The lowest BCUT2D eigenvalue weighted by atomic mass is 9.79. The molecule has 2 amide bonds. The summed E-state index contributed by atoms with van der Waals surface area (Å²) in [5.74, 6) is -1.58. The second-order valence-corrected chi connectivity index (χ2v) is 16.9. The van der Waals surface area contributed by atoms with E-state index < -0.39 is 69.6 Å². The summed E-state index contributed by atoms with van der Waals surface area (Å²) < 4.78 is 61.9. The van der Waals surface area contributed by atoms with Crippen molar-refractivity contribution >= 4 is 46.1 Å². The summed E-state index contributed by atoms with van der Waals surface area (Å²) >= 11 is 1.24. The number of rotatable bonds is 14. The Morgan fingerprint density at radius 1 is 0.964 bits per heavy atom. The SMILES string of the molecule is COc1ccc(COC(=O)OC(=O)C2=C(S[C@H]3C[C@@H](CNS(=O)(=O)N4CCOCC4)N(C(=O)OCc4ccc(OC)cc4)C3)[C@H](C)[C@@H]3[C@@H]([C@@H](C)O)C(=O)N23)cc1. The average molecular weight is 819 g/mol. The van der Waals surface area contributed by atoms with E-state index in [1.165, 1.54) is 39.9 Å². The number of methoxy groups -OCH3 is 2. The molecule has 0 aromatic heterocycles. The number of aliphatic hydroxyl groups excluding tert-OH is 1. The molecule has 56 heavy (non-hydrogen) atoms. The number of hydrogen-bond acceptors (Lipinski definition) is 14. The molecule has 304 valence electrons. The Morgan fingerprint density at radius 3 is 2.12 bits per heavy atom. The van der Waals surface area contributed by atoms with Crippen LogP contribution in [0.1, 0.15) is 31.4 Å². The fourth-order valence-electron chi connectivity index (χ4n) is 7.27. The quantitative estimate of drug-likeness (QED) is 0.160. The molecule has 19 heteroatoms. The van der Waals surface area contributed by atoms with Crippen LogP contribution in [0.4, 0.5) is 9.59 Å². The molecule has 2 aromatic rings. The van der Waals surface area contributed by atoms with E-state index in [1.807, 2.05) is 6.92 Å². The molecule has 0 bridgehead atoms. The van der Waals surface area contributed by atoms with Crippen molar-refractivity contribution in [2.45, 2.75) is 56.9 Å². The predicted molar refractivity (Wildman–Crippen MR) is 200 cm³/mol. The van der Waals surface area contributed by atoms with Gasteiger partial charge in [-0.3, -0.25) is 4.79 Å². The summed E-state index contributed by atoms with van der Waals surface area (Å²) in [6.07, 6.45) is -2.65. The Labute approximate surface area is 329 Å². The van der Waals surface area contributed by atoms with Crippen LogP contribution in [0.15, 0.2) is 59.1 Å². The molecule has 3 fully saturated rings. The minimum absolute atomic E-state index is 0.0460. The Hall–Kier alpha value is -4.40. The second kappa shape index (κ2) is 17.8. The number of likely N-dealkylation sites (tertiary alicyclic amines) is 1. The minimum atomic E-state index is -3.90. The van der Waals surface area contributed by atoms with Crippen LogP contribution in [0.3, 0.4) is 0 Å². The number of nitrogens with zero attached hydrogens (tertiary/aromatic N) is 3. The number of thioether (sulfide) groups is 1. The molecule has 17 nitrogen and oxygen atoms in total. The van der Waals surface area contributed by atoms with E-state index in [9.17, 15) is 32.7 Å². The number of nitrogens with one attached hydrogen (secondary N) is 1. The third-order valence-corrected chi connectivity index (χ3v) is 13.3. The van der Waals surface area contributed by atoms with Crippen LogP contribution in [0.25, 0.3) is 0 Å². The first-order chi connectivity index (χ1) is 26.8. The van der Waals surface area contributed by atoms with Gasteiger partial charge >= 0.3 is 18.2 Å². The van der Waals surface area contributed by atoms with Crippen molar-refractivity contribution in [2.75, 3.05) is 53.6 Å². The molecule has 2 N–H and O–H groups in total. The summed E-state index contributed by atoms with van der Waals surface area (Å²) in [5, 5.41) is 10.1. The summed E-state index contributed by atoms with van der Waals surface area (Å²) in [6.45, 7) is 3.98. The van der Waals surface area contributed by atoms with Crippen LogP contribution in [-0.2, 0) is 52.0 Å². The maximum absolute atomic E-state index is 13.7. The van der Waals surface area contributed by atoms with Crippen LogP contribution in [0.2, 0.25) is 0 Å². The van der Waals surface area contributed by atoms with Crippen molar-refractivity contribution in [1.29, 1.82) is 0 Å². The largest absolute Gasteiger partial charge is 0.516 e. The third-order valence-electron chi connectivity index (χ3n) is 10.2. The topological polar surface area (TPSA) is 200 Å². The number of aliphatic hydroxyl groups is 1. The molecule has 6 atom stereocenters. The molecule has 4 heterocycles. The minimum Gasteiger partial charge on any atom is -0.497 e. The van der Waals surface area contributed by atoms with Crippen molar-refractivity contribution in [1.82, 2.24) is 18.8 Å². The summed E-state index contributed by atoms with van der Waals surface area (Å²) in [4.78, 5) is 56.6. The molecule has 0 unspecified atom stereocenters. The lowest BCUT2D eigenvalue weighted by Crippen LogP contribution is -2.63. The molecule has 0 aliphatic carbocycles. The predicted octanol–water partition coefficient (Wildman–Crippen LogP) is 2.63. The third kappa shape index (κ3) is 9.08. The van der Waals surface area contributed by atoms with Gasteiger partial charge in [0.1, 0.15) is 30.4 Å². The van der Waals surface area contributed by atoms with Gasteiger partial charge in [0.2, 0.25) is 5.91 Å². The van der Waals surface area contributed by atoms with E-state index in [0.717, 1.165) is 0 Å². The van der Waals surface area contributed by atoms with E-state index >= 15 is 0 Å². The van der Waals surface area contributed by atoms with Gasteiger partial charge < -0.3 is 43.3 Å². The fraction of sp³-hybridized carbons (Fsp3) is 0.514. The number of carbonyl (C=O) groups is 4. The van der Waals surface area contributed by atoms with Crippen molar-refractivity contribution < 1.29 is 61.1 Å². The standard InChI is InChI=1S/C37H46N4O13S2/c1-22-31-30(23(2)42)34(43)41(31)32(35(44)54-37(46)53-21-25-7-11-28(50-4)12-8-25)33(22)55-29-17-26(18-38-56(47,48)39-13-15-51-16-14-39)40(19-29)36(45)52-20-24-5-9-27(49-3)10-6-24/h5-12,22-23,26,29-31,38,42H,13-21H2,1-4H3/t22-,23-,26+,29+,30-,31-/m1/s1. The van der Waals surface area contributed by atoms with Crippen LogP contribution in [-0.4, -0.2) is 129 Å². The van der Waals surface area contributed by atoms with E-state index in [-0.39, 0.29) is 64.7 Å². The van der Waals surface area contributed by atoms with Crippen LogP contribution in [0.5, 0.6) is 11.5 Å². The number of fused-ring (bicyclic) bond motifs is 1. The Morgan fingerprint density at radius 2 is 1.55 bits per heavy atom. The number of β-lactam (4-membered cyclic amide) rings is 1. The Bertz CT molecular complexity index is 1900. The van der Waals surface area contributed by atoms with E-state index in [0.29, 0.717) is 27.5 Å². The highest BCUT2D eigenvalue weighted by atomic mass is 32.2. The molecule has 2 aromatic carbocycles. The molecule has 0 spiro atoms. The number of carbonyl (C=O) groups excluding carboxylic acids is 4. The van der Waals surface area contributed by atoms with Gasteiger partial charge in [-0.25, -0.2) is 19.1 Å². The first-order valence-electron chi connectivity index (χ1n) is 18.1. The van der Waals surface area contributed by atoms with Crippen LogP contribution < -0.4 is 14.2 Å². The molecule has 3 saturated heterocycles. The number of ether oxygens (including phenoxy) is 6. The van der Waals surface area contributed by atoms with E-state index in [2.05, 4.69) is 4.72 Å². The maximum Gasteiger partial charge on any atom is 0.516 e. The summed E-state index contributed by atoms with van der Waals surface area (Å²) in [6, 6.07) is 12.5. The summed E-state index contributed by atoms with van der Waals surface area (Å²) in [7, 11) is -0.829. The number of benzene rings is 2. The molecule has 0 radical (unpaired) electrons. The van der Waals surface area contributed by atoms with Gasteiger partial charge in [0.25, 0.3) is 10.2 Å². The smallest absolute Gasteiger partial charge is 0.497 e. The van der Waals surface area contributed by atoms with E-state index in [1.54, 1.807) is 55.6 Å². The van der Waals surface area contributed by atoms with Gasteiger partial charge in [0.15, 0.2) is 0 Å². The normalized spacial score (nSPS) is 24.3.